The molecule has 5 heteroatoms. The van der Waals surface area contributed by atoms with Gasteiger partial charge in [0.1, 0.15) is 5.71 Å². The van der Waals surface area contributed by atoms with Crippen molar-refractivity contribution in [2.24, 2.45) is 4.99 Å². The summed E-state index contributed by atoms with van der Waals surface area (Å²) in [6, 6.07) is 14.4. The van der Waals surface area contributed by atoms with Crippen LogP contribution in [-0.2, 0) is 9.53 Å². The molecule has 0 spiro atoms. The largest absolute Gasteiger partial charge is 0.462 e. The van der Waals surface area contributed by atoms with Gasteiger partial charge in [0.05, 0.1) is 23.5 Å². The molecule has 3 rings (SSSR count). The lowest BCUT2D eigenvalue weighted by Gasteiger charge is -2.20. The molecule has 2 aromatic rings. The third-order valence-corrected chi connectivity index (χ3v) is 3.98. The minimum absolute atomic E-state index is 0.0486. The Kier molecular flexibility index (Phi) is 4.65. The molecule has 0 atom stereocenters. The van der Waals surface area contributed by atoms with Crippen LogP contribution in [0.5, 0.6) is 0 Å². The van der Waals surface area contributed by atoms with Gasteiger partial charge in [0, 0.05) is 11.6 Å². The number of esters is 1. The molecule has 0 N–H and O–H groups in total. The highest BCUT2D eigenvalue weighted by Crippen LogP contribution is 2.32. The van der Waals surface area contributed by atoms with Gasteiger partial charge in [0.15, 0.2) is 0 Å². The van der Waals surface area contributed by atoms with Crippen LogP contribution in [0.15, 0.2) is 53.5 Å². The lowest BCUT2D eigenvalue weighted by molar-refractivity contribution is -0.112. The maximum Gasteiger partial charge on any atom is 0.338 e. The third-order valence-electron chi connectivity index (χ3n) is 3.98. The molecule has 1 amide bonds. The molecule has 25 heavy (non-hydrogen) atoms. The predicted molar refractivity (Wildman–Crippen MR) is 97.7 cm³/mol. The third kappa shape index (κ3) is 3.18. The first-order valence-electron chi connectivity index (χ1n) is 8.31. The number of rotatable bonds is 4. The van der Waals surface area contributed by atoms with E-state index in [0.717, 1.165) is 11.3 Å². The fourth-order valence-corrected chi connectivity index (χ4v) is 2.86. The molecule has 1 aliphatic heterocycles. The van der Waals surface area contributed by atoms with Crippen molar-refractivity contribution in [3.63, 3.8) is 0 Å². The number of benzene rings is 2. The summed E-state index contributed by atoms with van der Waals surface area (Å²) in [5.41, 5.74) is 3.22. The van der Waals surface area contributed by atoms with Gasteiger partial charge in [-0.1, -0.05) is 18.2 Å². The first kappa shape index (κ1) is 16.9. The van der Waals surface area contributed by atoms with Crippen LogP contribution in [0.1, 0.15) is 36.7 Å². The first-order valence-corrected chi connectivity index (χ1v) is 8.31. The Hall–Kier alpha value is -2.95. The highest BCUT2D eigenvalue weighted by Gasteiger charge is 2.35. The molecule has 0 aliphatic carbocycles. The molecule has 1 heterocycles. The van der Waals surface area contributed by atoms with Gasteiger partial charge in [-0.2, -0.15) is 0 Å². The molecule has 0 aromatic heterocycles. The number of anilines is 1. The number of carbonyl (C=O) groups is 2. The van der Waals surface area contributed by atoms with Gasteiger partial charge in [-0.25, -0.2) is 9.79 Å². The van der Waals surface area contributed by atoms with Crippen molar-refractivity contribution in [1.82, 2.24) is 0 Å². The topological polar surface area (TPSA) is 59.0 Å². The standard InChI is InChI=1S/C20H20N2O3/c1-4-25-20(24)14-9-11-15(12-10-14)21-18-16-7-5-6-8-17(16)22(13(2)3)19(18)23/h5-13H,4H2,1-3H3. The molecule has 0 unspecified atom stereocenters. The molecule has 0 radical (unpaired) electrons. The number of amides is 1. The number of hydrogen-bond acceptors (Lipinski definition) is 4. The summed E-state index contributed by atoms with van der Waals surface area (Å²) in [5, 5.41) is 0. The molecule has 0 fully saturated rings. The van der Waals surface area contributed by atoms with E-state index >= 15 is 0 Å². The van der Waals surface area contributed by atoms with E-state index in [0.29, 0.717) is 23.6 Å². The van der Waals surface area contributed by atoms with Gasteiger partial charge in [-0.05, 0) is 51.1 Å². The SMILES string of the molecule is CCOC(=O)c1ccc(N=C2C(=O)N(C(C)C)c3ccccc32)cc1. The van der Waals surface area contributed by atoms with Crippen LogP contribution in [0.3, 0.4) is 0 Å². The van der Waals surface area contributed by atoms with E-state index < -0.39 is 0 Å². The predicted octanol–water partition coefficient (Wildman–Crippen LogP) is 3.74. The number of aliphatic imine (C=N–C) groups is 1. The zero-order chi connectivity index (χ0) is 18.0. The monoisotopic (exact) mass is 336 g/mol. The Morgan fingerprint density at radius 3 is 2.44 bits per heavy atom. The number of hydrogen-bond donors (Lipinski definition) is 0. The lowest BCUT2D eigenvalue weighted by atomic mass is 10.1. The van der Waals surface area contributed by atoms with Crippen molar-refractivity contribution in [1.29, 1.82) is 0 Å². The van der Waals surface area contributed by atoms with E-state index in [1.807, 2.05) is 38.1 Å². The van der Waals surface area contributed by atoms with Crippen molar-refractivity contribution in [2.75, 3.05) is 11.5 Å². The number of nitrogens with zero attached hydrogens (tertiary/aromatic N) is 2. The Bertz CT molecular complexity index is 838. The van der Waals surface area contributed by atoms with Gasteiger partial charge < -0.3 is 9.64 Å². The molecule has 0 saturated carbocycles. The van der Waals surface area contributed by atoms with Gasteiger partial charge in [0.25, 0.3) is 5.91 Å². The average Bonchev–Trinajstić information content (AvgIpc) is 2.88. The molecular formula is C20H20N2O3. The van der Waals surface area contributed by atoms with Crippen molar-refractivity contribution in [3.8, 4) is 0 Å². The Morgan fingerprint density at radius 1 is 1.12 bits per heavy atom. The van der Waals surface area contributed by atoms with Gasteiger partial charge in [0.2, 0.25) is 0 Å². The van der Waals surface area contributed by atoms with E-state index in [-0.39, 0.29) is 17.9 Å². The van der Waals surface area contributed by atoms with E-state index in [2.05, 4.69) is 4.99 Å². The quantitative estimate of drug-likeness (QED) is 0.799. The normalized spacial score (nSPS) is 15.0. The van der Waals surface area contributed by atoms with E-state index in [1.165, 1.54) is 0 Å². The van der Waals surface area contributed by atoms with E-state index in [4.69, 9.17) is 4.74 Å². The fourth-order valence-electron chi connectivity index (χ4n) is 2.86. The summed E-state index contributed by atoms with van der Waals surface area (Å²) in [6.45, 7) is 6.05. The second kappa shape index (κ2) is 6.89. The van der Waals surface area contributed by atoms with Gasteiger partial charge in [-0.3, -0.25) is 4.79 Å². The Balaban J connectivity index is 1.96. The Morgan fingerprint density at radius 2 is 1.80 bits per heavy atom. The Labute approximate surface area is 146 Å². The minimum atomic E-state index is -0.366. The maximum absolute atomic E-state index is 12.8. The zero-order valence-corrected chi connectivity index (χ0v) is 14.5. The van der Waals surface area contributed by atoms with Crippen LogP contribution in [-0.4, -0.2) is 30.2 Å². The molecule has 128 valence electrons. The van der Waals surface area contributed by atoms with Crippen LogP contribution in [0.2, 0.25) is 0 Å². The van der Waals surface area contributed by atoms with Crippen LogP contribution in [0.25, 0.3) is 0 Å². The molecule has 0 saturated heterocycles. The molecule has 0 bridgehead atoms. The van der Waals surface area contributed by atoms with Crippen LogP contribution >= 0.6 is 0 Å². The van der Waals surface area contributed by atoms with Crippen molar-refractivity contribution in [2.45, 2.75) is 26.8 Å². The summed E-state index contributed by atoms with van der Waals surface area (Å²) in [5.74, 6) is -0.472. The fraction of sp³-hybridized carbons (Fsp3) is 0.250. The summed E-state index contributed by atoms with van der Waals surface area (Å²) in [6.07, 6.45) is 0. The van der Waals surface area contributed by atoms with Crippen molar-refractivity contribution < 1.29 is 14.3 Å². The van der Waals surface area contributed by atoms with Crippen molar-refractivity contribution >= 4 is 29.0 Å². The van der Waals surface area contributed by atoms with Crippen LogP contribution in [0.4, 0.5) is 11.4 Å². The summed E-state index contributed by atoms with van der Waals surface area (Å²) >= 11 is 0. The van der Waals surface area contributed by atoms with E-state index in [1.54, 1.807) is 36.1 Å². The summed E-state index contributed by atoms with van der Waals surface area (Å²) < 4.78 is 4.97. The lowest BCUT2D eigenvalue weighted by Crippen LogP contribution is -2.35. The number of ether oxygens (including phenoxy) is 1. The number of fused-ring (bicyclic) bond motifs is 1. The molecule has 1 aliphatic rings. The van der Waals surface area contributed by atoms with Crippen molar-refractivity contribution in [3.05, 3.63) is 59.7 Å². The van der Waals surface area contributed by atoms with Gasteiger partial charge >= 0.3 is 5.97 Å². The van der Waals surface area contributed by atoms with E-state index in [9.17, 15) is 9.59 Å². The number of carbonyl (C=O) groups excluding carboxylic acids is 2. The smallest absolute Gasteiger partial charge is 0.338 e. The zero-order valence-electron chi connectivity index (χ0n) is 14.5. The number of para-hydroxylation sites is 1. The molecule has 5 nitrogen and oxygen atoms in total. The summed E-state index contributed by atoms with van der Waals surface area (Å²) in [4.78, 5) is 30.8. The minimum Gasteiger partial charge on any atom is -0.462 e. The molecule has 2 aromatic carbocycles. The second-order valence-corrected chi connectivity index (χ2v) is 6.01. The van der Waals surface area contributed by atoms with Crippen LogP contribution < -0.4 is 4.90 Å². The first-order chi connectivity index (χ1) is 12.0. The summed E-state index contributed by atoms with van der Waals surface area (Å²) in [7, 11) is 0. The maximum atomic E-state index is 12.8. The highest BCUT2D eigenvalue weighted by atomic mass is 16.5. The van der Waals surface area contributed by atoms with Gasteiger partial charge in [-0.15, -0.1) is 0 Å². The van der Waals surface area contributed by atoms with Crippen LogP contribution in [0, 0.1) is 0 Å². The highest BCUT2D eigenvalue weighted by molar-refractivity contribution is 6.54. The second-order valence-electron chi connectivity index (χ2n) is 6.01. The molecular weight excluding hydrogens is 316 g/mol. The average molecular weight is 336 g/mol.